The number of rotatable bonds is 8. The fourth-order valence-corrected chi connectivity index (χ4v) is 2.46. The number of anilines is 2. The summed E-state index contributed by atoms with van der Waals surface area (Å²) in [6, 6.07) is 16.0. The molecule has 2 aromatic carbocycles. The average molecular weight is 326 g/mol. The molecule has 0 radical (unpaired) electrons. The molecule has 0 aliphatic rings. The Morgan fingerprint density at radius 1 is 1.21 bits per heavy atom. The Hall–Kier alpha value is -2.49. The van der Waals surface area contributed by atoms with E-state index in [1.165, 1.54) is 5.56 Å². The van der Waals surface area contributed by atoms with E-state index < -0.39 is 0 Å². The number of nitrogens with two attached hydrogens (primary N) is 1. The number of benzene rings is 2. The number of esters is 1. The molecule has 0 aromatic heterocycles. The van der Waals surface area contributed by atoms with Crippen molar-refractivity contribution in [2.75, 3.05) is 17.7 Å². The maximum absolute atomic E-state index is 11.9. The summed E-state index contributed by atoms with van der Waals surface area (Å²) >= 11 is 0. The van der Waals surface area contributed by atoms with Crippen molar-refractivity contribution in [2.45, 2.75) is 39.2 Å². The quantitative estimate of drug-likeness (QED) is 0.562. The van der Waals surface area contributed by atoms with Gasteiger partial charge in [0.05, 0.1) is 23.5 Å². The van der Waals surface area contributed by atoms with Crippen LogP contribution in [0.3, 0.4) is 0 Å². The minimum absolute atomic E-state index is 0.283. The molecular weight excluding hydrogens is 300 g/mol. The van der Waals surface area contributed by atoms with Crippen LogP contribution >= 0.6 is 0 Å². The number of carbonyl (C=O) groups is 1. The molecule has 4 heteroatoms. The zero-order valence-corrected chi connectivity index (χ0v) is 14.4. The number of hydrogen-bond donors (Lipinski definition) is 2. The topological polar surface area (TPSA) is 64.3 Å². The molecule has 2 aromatic rings. The van der Waals surface area contributed by atoms with Gasteiger partial charge in [-0.05, 0) is 49.9 Å². The summed E-state index contributed by atoms with van der Waals surface area (Å²) < 4.78 is 5.13. The van der Waals surface area contributed by atoms with E-state index in [0.29, 0.717) is 17.9 Å². The van der Waals surface area contributed by atoms with Crippen LogP contribution in [0.25, 0.3) is 0 Å². The monoisotopic (exact) mass is 326 g/mol. The van der Waals surface area contributed by atoms with E-state index in [4.69, 9.17) is 10.5 Å². The minimum atomic E-state index is -0.327. The highest BCUT2D eigenvalue weighted by molar-refractivity contribution is 5.92. The number of nitrogen functional groups attached to an aromatic ring is 1. The van der Waals surface area contributed by atoms with Crippen LogP contribution in [-0.2, 0) is 11.2 Å². The van der Waals surface area contributed by atoms with Gasteiger partial charge in [-0.2, -0.15) is 0 Å². The Morgan fingerprint density at radius 3 is 2.62 bits per heavy atom. The van der Waals surface area contributed by atoms with Crippen LogP contribution in [0, 0.1) is 0 Å². The Kier molecular flexibility index (Phi) is 6.67. The van der Waals surface area contributed by atoms with Crippen molar-refractivity contribution >= 4 is 17.3 Å². The third kappa shape index (κ3) is 5.30. The van der Waals surface area contributed by atoms with Crippen LogP contribution < -0.4 is 11.1 Å². The summed E-state index contributed by atoms with van der Waals surface area (Å²) in [5, 5.41) is 3.41. The predicted molar refractivity (Wildman–Crippen MR) is 99.3 cm³/mol. The van der Waals surface area contributed by atoms with Crippen molar-refractivity contribution in [3.8, 4) is 0 Å². The third-order valence-corrected chi connectivity index (χ3v) is 3.84. The molecule has 2 rings (SSSR count). The summed E-state index contributed by atoms with van der Waals surface area (Å²) in [5.74, 6) is -0.327. The molecule has 0 fully saturated rings. The fourth-order valence-electron chi connectivity index (χ4n) is 2.46. The lowest BCUT2D eigenvalue weighted by atomic mass is 10.1. The van der Waals surface area contributed by atoms with Gasteiger partial charge in [0.1, 0.15) is 0 Å². The summed E-state index contributed by atoms with van der Waals surface area (Å²) in [6.07, 6.45) is 2.82. The lowest BCUT2D eigenvalue weighted by molar-refractivity contribution is 0.0505. The molecule has 0 aliphatic carbocycles. The van der Waals surface area contributed by atoms with Gasteiger partial charge in [-0.3, -0.25) is 0 Å². The molecule has 0 aliphatic heterocycles. The zero-order chi connectivity index (χ0) is 17.4. The van der Waals surface area contributed by atoms with Crippen LogP contribution in [0.15, 0.2) is 48.5 Å². The second kappa shape index (κ2) is 8.96. The number of nitrogens with one attached hydrogen (secondary N) is 1. The third-order valence-electron chi connectivity index (χ3n) is 3.84. The van der Waals surface area contributed by atoms with Crippen molar-refractivity contribution in [3.63, 3.8) is 0 Å². The highest BCUT2D eigenvalue weighted by Gasteiger charge is 2.11. The number of ether oxygens (including phenoxy) is 1. The first-order valence-electron chi connectivity index (χ1n) is 8.47. The largest absolute Gasteiger partial charge is 0.462 e. The molecule has 0 bridgehead atoms. The van der Waals surface area contributed by atoms with E-state index >= 15 is 0 Å². The van der Waals surface area contributed by atoms with Crippen molar-refractivity contribution < 1.29 is 9.53 Å². The first-order chi connectivity index (χ1) is 11.6. The molecule has 24 heavy (non-hydrogen) atoms. The lowest BCUT2D eigenvalue weighted by Gasteiger charge is -2.17. The molecule has 1 atom stereocenters. The molecule has 0 spiro atoms. The van der Waals surface area contributed by atoms with Crippen molar-refractivity contribution in [2.24, 2.45) is 0 Å². The van der Waals surface area contributed by atoms with Gasteiger partial charge in [-0.15, -0.1) is 0 Å². The average Bonchev–Trinajstić information content (AvgIpc) is 2.60. The molecule has 0 unspecified atom stereocenters. The summed E-state index contributed by atoms with van der Waals surface area (Å²) in [5.41, 5.74) is 9.30. The van der Waals surface area contributed by atoms with Gasteiger partial charge in [-0.25, -0.2) is 4.79 Å². The van der Waals surface area contributed by atoms with E-state index in [-0.39, 0.29) is 12.0 Å². The van der Waals surface area contributed by atoms with E-state index in [1.54, 1.807) is 12.1 Å². The van der Waals surface area contributed by atoms with E-state index in [2.05, 4.69) is 36.5 Å². The second-order valence-corrected chi connectivity index (χ2v) is 6.01. The molecular formula is C20H26N2O2. The Labute approximate surface area is 144 Å². The Balaban J connectivity index is 1.91. The van der Waals surface area contributed by atoms with E-state index in [9.17, 15) is 4.79 Å². The van der Waals surface area contributed by atoms with Gasteiger partial charge in [0.15, 0.2) is 0 Å². The van der Waals surface area contributed by atoms with Gasteiger partial charge in [0, 0.05) is 6.04 Å². The predicted octanol–water partition coefficient (Wildman–Crippen LogP) is 4.27. The molecule has 0 saturated heterocycles. The molecule has 0 heterocycles. The van der Waals surface area contributed by atoms with Crippen LogP contribution in [0.2, 0.25) is 0 Å². The van der Waals surface area contributed by atoms with Crippen LogP contribution in [0.5, 0.6) is 0 Å². The number of aryl methyl sites for hydroxylation is 1. The zero-order valence-electron chi connectivity index (χ0n) is 14.4. The molecule has 0 saturated carbocycles. The lowest BCUT2D eigenvalue weighted by Crippen LogP contribution is -2.17. The minimum Gasteiger partial charge on any atom is -0.462 e. The first kappa shape index (κ1) is 17.9. The van der Waals surface area contributed by atoms with Crippen LogP contribution in [-0.4, -0.2) is 18.6 Å². The molecule has 0 amide bonds. The van der Waals surface area contributed by atoms with Crippen molar-refractivity contribution in [1.29, 1.82) is 0 Å². The summed E-state index contributed by atoms with van der Waals surface area (Å²) in [6.45, 7) is 4.52. The number of hydrogen-bond acceptors (Lipinski definition) is 4. The fraction of sp³-hybridized carbons (Fsp3) is 0.350. The summed E-state index contributed by atoms with van der Waals surface area (Å²) in [7, 11) is 0. The second-order valence-electron chi connectivity index (χ2n) is 6.01. The van der Waals surface area contributed by atoms with Gasteiger partial charge in [0.25, 0.3) is 0 Å². The summed E-state index contributed by atoms with van der Waals surface area (Å²) in [4.78, 5) is 11.9. The van der Waals surface area contributed by atoms with Gasteiger partial charge >= 0.3 is 5.97 Å². The van der Waals surface area contributed by atoms with Gasteiger partial charge in [-0.1, -0.05) is 37.3 Å². The van der Waals surface area contributed by atoms with Gasteiger partial charge < -0.3 is 15.8 Å². The van der Waals surface area contributed by atoms with E-state index in [0.717, 1.165) is 24.9 Å². The molecule has 4 nitrogen and oxygen atoms in total. The number of carbonyl (C=O) groups excluding carboxylic acids is 1. The normalized spacial score (nSPS) is 11.8. The van der Waals surface area contributed by atoms with Crippen molar-refractivity contribution in [1.82, 2.24) is 0 Å². The Bertz CT molecular complexity index is 656. The van der Waals surface area contributed by atoms with Crippen LogP contribution in [0.1, 0.15) is 42.6 Å². The Morgan fingerprint density at radius 2 is 1.96 bits per heavy atom. The maximum Gasteiger partial charge on any atom is 0.338 e. The van der Waals surface area contributed by atoms with Crippen molar-refractivity contribution in [3.05, 3.63) is 59.7 Å². The standard InChI is InChI=1S/C20H26N2O2/c1-3-13-24-20(23)17-11-12-19(18(21)14-17)22-15(2)9-10-16-7-5-4-6-8-16/h4-8,11-12,14-15,22H,3,9-10,13,21H2,1-2H3/t15-/m0/s1. The molecule has 128 valence electrons. The highest BCUT2D eigenvalue weighted by Crippen LogP contribution is 2.22. The van der Waals surface area contributed by atoms with Crippen LogP contribution in [0.4, 0.5) is 11.4 Å². The SMILES string of the molecule is CCCOC(=O)c1ccc(N[C@@H](C)CCc2ccccc2)c(N)c1. The molecule has 3 N–H and O–H groups in total. The first-order valence-corrected chi connectivity index (χ1v) is 8.47. The van der Waals surface area contributed by atoms with Gasteiger partial charge in [0.2, 0.25) is 0 Å². The smallest absolute Gasteiger partial charge is 0.338 e. The van der Waals surface area contributed by atoms with E-state index in [1.807, 2.05) is 19.1 Å². The maximum atomic E-state index is 11.9. The highest BCUT2D eigenvalue weighted by atomic mass is 16.5.